The van der Waals surface area contributed by atoms with E-state index in [4.69, 9.17) is 4.74 Å². The number of fused-ring (bicyclic) bond motifs is 6. The smallest absolute Gasteiger partial charge is 0.119 e. The van der Waals surface area contributed by atoms with E-state index in [1.54, 1.807) is 7.11 Å². The van der Waals surface area contributed by atoms with Gasteiger partial charge in [-0.3, -0.25) is 0 Å². The summed E-state index contributed by atoms with van der Waals surface area (Å²) < 4.78 is 5.59. The second-order valence-corrected chi connectivity index (χ2v) is 13.7. The van der Waals surface area contributed by atoms with E-state index in [9.17, 15) is 0 Å². The Kier molecular flexibility index (Phi) is 6.64. The molecule has 0 saturated carbocycles. The molecule has 0 N–H and O–H groups in total. The topological polar surface area (TPSA) is 12.5 Å². The van der Waals surface area contributed by atoms with Crippen molar-refractivity contribution in [3.63, 3.8) is 0 Å². The van der Waals surface area contributed by atoms with Crippen LogP contribution in [0.25, 0.3) is 22.3 Å². The van der Waals surface area contributed by atoms with E-state index in [0.717, 1.165) is 22.8 Å². The van der Waals surface area contributed by atoms with Crippen LogP contribution in [0, 0.1) is 0 Å². The predicted octanol–water partition coefficient (Wildman–Crippen LogP) is 11.8. The van der Waals surface area contributed by atoms with Crippen molar-refractivity contribution >= 4 is 17.1 Å². The Morgan fingerprint density at radius 1 is 0.408 bits per heavy atom. The SMILES string of the molecule is COc1ccc(N(c2ccc3c(c2)C(C)(C)c2ccccc2-3)c2ccc3c(c2)C(c2ccccc2)(c2ccccc2)c2ccccc2-3)cc1. The molecule has 0 radical (unpaired) electrons. The highest BCUT2D eigenvalue weighted by atomic mass is 16.5. The molecule has 0 atom stereocenters. The number of benzene rings is 7. The fourth-order valence-corrected chi connectivity index (χ4v) is 8.58. The fourth-order valence-electron chi connectivity index (χ4n) is 8.58. The lowest BCUT2D eigenvalue weighted by molar-refractivity contribution is 0.415. The van der Waals surface area contributed by atoms with Gasteiger partial charge in [0, 0.05) is 22.5 Å². The molecule has 0 heterocycles. The Balaban J connectivity index is 1.30. The number of anilines is 3. The normalized spacial score (nSPS) is 14.3. The third-order valence-electron chi connectivity index (χ3n) is 10.9. The second kappa shape index (κ2) is 11.1. The highest BCUT2D eigenvalue weighted by molar-refractivity contribution is 5.90. The zero-order chi connectivity index (χ0) is 33.2. The van der Waals surface area contributed by atoms with Crippen molar-refractivity contribution < 1.29 is 4.74 Å². The number of ether oxygens (including phenoxy) is 1. The molecule has 7 aromatic rings. The van der Waals surface area contributed by atoms with Crippen molar-refractivity contribution in [1.29, 1.82) is 0 Å². The van der Waals surface area contributed by atoms with Gasteiger partial charge in [0.2, 0.25) is 0 Å². The van der Waals surface area contributed by atoms with Crippen LogP contribution in [-0.4, -0.2) is 7.11 Å². The maximum atomic E-state index is 5.59. The first-order chi connectivity index (χ1) is 24.0. The second-order valence-electron chi connectivity index (χ2n) is 13.7. The van der Waals surface area contributed by atoms with Gasteiger partial charge in [-0.05, 0) is 104 Å². The van der Waals surface area contributed by atoms with Crippen LogP contribution in [-0.2, 0) is 10.8 Å². The first kappa shape index (κ1) is 29.3. The Hall–Kier alpha value is -5.86. The molecule has 0 aliphatic heterocycles. The minimum atomic E-state index is -0.475. The van der Waals surface area contributed by atoms with Crippen molar-refractivity contribution in [3.05, 3.63) is 203 Å². The van der Waals surface area contributed by atoms with E-state index in [1.807, 2.05) is 0 Å². The number of rotatable bonds is 6. The van der Waals surface area contributed by atoms with Gasteiger partial charge in [-0.25, -0.2) is 0 Å². The van der Waals surface area contributed by atoms with E-state index in [-0.39, 0.29) is 5.41 Å². The molecular formula is C47H37NO. The minimum absolute atomic E-state index is 0.108. The van der Waals surface area contributed by atoms with Crippen LogP contribution >= 0.6 is 0 Å². The molecule has 49 heavy (non-hydrogen) atoms. The van der Waals surface area contributed by atoms with Crippen molar-refractivity contribution in [1.82, 2.24) is 0 Å². The van der Waals surface area contributed by atoms with E-state index < -0.39 is 5.41 Å². The summed E-state index contributed by atoms with van der Waals surface area (Å²) in [7, 11) is 1.72. The van der Waals surface area contributed by atoms with E-state index in [1.165, 1.54) is 55.6 Å². The van der Waals surface area contributed by atoms with Gasteiger partial charge in [0.05, 0.1) is 12.5 Å². The molecule has 2 nitrogen and oxygen atoms in total. The van der Waals surface area contributed by atoms with E-state index in [2.05, 4.69) is 189 Å². The zero-order valence-electron chi connectivity index (χ0n) is 28.0. The Bertz CT molecular complexity index is 2300. The van der Waals surface area contributed by atoms with Gasteiger partial charge in [-0.1, -0.05) is 135 Å². The average molecular weight is 632 g/mol. The predicted molar refractivity (Wildman–Crippen MR) is 203 cm³/mol. The standard InChI is InChI=1S/C47H37NO/c1-46(2)42-20-12-10-18-38(42)40-28-24-35(30-44(40)46)48(34-22-26-37(49-3)27-23-34)36-25-29-41-39-19-11-13-21-43(39)47(45(41)31-36,32-14-6-4-7-15-32)33-16-8-5-9-17-33/h4-31H,1-3H3. The molecule has 0 spiro atoms. The zero-order valence-corrected chi connectivity index (χ0v) is 28.0. The van der Waals surface area contributed by atoms with Gasteiger partial charge < -0.3 is 9.64 Å². The third kappa shape index (κ3) is 4.27. The van der Waals surface area contributed by atoms with Crippen LogP contribution in [0.4, 0.5) is 17.1 Å². The average Bonchev–Trinajstić information content (AvgIpc) is 3.58. The molecule has 9 rings (SSSR count). The molecule has 2 aliphatic carbocycles. The van der Waals surface area contributed by atoms with Crippen molar-refractivity contribution in [3.8, 4) is 28.0 Å². The third-order valence-corrected chi connectivity index (χ3v) is 10.9. The summed E-state index contributed by atoms with van der Waals surface area (Å²) >= 11 is 0. The van der Waals surface area contributed by atoms with Crippen LogP contribution in [0.2, 0.25) is 0 Å². The van der Waals surface area contributed by atoms with Gasteiger partial charge >= 0.3 is 0 Å². The Morgan fingerprint density at radius 3 is 1.45 bits per heavy atom. The summed E-state index contributed by atoms with van der Waals surface area (Å²) in [5, 5.41) is 0. The molecule has 0 fully saturated rings. The molecule has 0 saturated heterocycles. The van der Waals surface area contributed by atoms with Gasteiger partial charge in [0.25, 0.3) is 0 Å². The van der Waals surface area contributed by atoms with Crippen LogP contribution in [0.15, 0.2) is 170 Å². The summed E-state index contributed by atoms with van der Waals surface area (Å²) in [5.74, 6) is 0.839. The Morgan fingerprint density at radius 2 is 0.857 bits per heavy atom. The molecular weight excluding hydrogens is 595 g/mol. The van der Waals surface area contributed by atoms with Crippen LogP contribution < -0.4 is 9.64 Å². The number of hydrogen-bond donors (Lipinski definition) is 0. The molecule has 0 aromatic heterocycles. The summed E-state index contributed by atoms with van der Waals surface area (Å²) in [6.07, 6.45) is 0. The van der Waals surface area contributed by atoms with Crippen LogP contribution in [0.1, 0.15) is 47.2 Å². The lowest BCUT2D eigenvalue weighted by atomic mass is 9.67. The molecule has 0 bridgehead atoms. The molecule has 2 heteroatoms. The summed E-state index contributed by atoms with van der Waals surface area (Å²) in [4.78, 5) is 2.41. The van der Waals surface area contributed by atoms with Gasteiger partial charge in [-0.15, -0.1) is 0 Å². The van der Waals surface area contributed by atoms with Crippen LogP contribution in [0.3, 0.4) is 0 Å². The van der Waals surface area contributed by atoms with Crippen molar-refractivity contribution in [2.45, 2.75) is 24.7 Å². The fraction of sp³-hybridized carbons (Fsp3) is 0.106. The van der Waals surface area contributed by atoms with Crippen molar-refractivity contribution in [2.24, 2.45) is 0 Å². The summed E-state index contributed by atoms with van der Waals surface area (Å²) in [5.41, 5.74) is 15.8. The number of methoxy groups -OCH3 is 1. The molecule has 7 aromatic carbocycles. The Labute approximate surface area is 288 Å². The number of nitrogens with zero attached hydrogens (tertiary/aromatic N) is 1. The van der Waals surface area contributed by atoms with Gasteiger partial charge in [0.1, 0.15) is 5.75 Å². The van der Waals surface area contributed by atoms with Gasteiger partial charge in [-0.2, -0.15) is 0 Å². The maximum absolute atomic E-state index is 5.59. The van der Waals surface area contributed by atoms with Gasteiger partial charge in [0.15, 0.2) is 0 Å². The first-order valence-corrected chi connectivity index (χ1v) is 17.1. The molecule has 236 valence electrons. The van der Waals surface area contributed by atoms with Crippen molar-refractivity contribution in [2.75, 3.05) is 12.0 Å². The monoisotopic (exact) mass is 631 g/mol. The van der Waals surface area contributed by atoms with E-state index >= 15 is 0 Å². The molecule has 0 amide bonds. The molecule has 2 aliphatic rings. The van der Waals surface area contributed by atoms with E-state index in [0.29, 0.717) is 0 Å². The first-order valence-electron chi connectivity index (χ1n) is 17.1. The van der Waals surface area contributed by atoms with Crippen LogP contribution in [0.5, 0.6) is 5.75 Å². The highest BCUT2D eigenvalue weighted by Crippen LogP contribution is 2.57. The lowest BCUT2D eigenvalue weighted by Crippen LogP contribution is -2.28. The summed E-state index contributed by atoms with van der Waals surface area (Å²) in [6, 6.07) is 62.3. The molecule has 0 unspecified atom stereocenters. The highest BCUT2D eigenvalue weighted by Gasteiger charge is 2.46. The quantitative estimate of drug-likeness (QED) is 0.181. The lowest BCUT2D eigenvalue weighted by Gasteiger charge is -2.35. The largest absolute Gasteiger partial charge is 0.497 e. The summed E-state index contributed by atoms with van der Waals surface area (Å²) in [6.45, 7) is 4.69. The maximum Gasteiger partial charge on any atom is 0.119 e. The minimum Gasteiger partial charge on any atom is -0.497 e. The number of hydrogen-bond acceptors (Lipinski definition) is 2.